The number of carbonyl (C=O) groups excluding carboxylic acids is 2. The van der Waals surface area contributed by atoms with Crippen LogP contribution in [0.4, 0.5) is 22.7 Å². The van der Waals surface area contributed by atoms with Gasteiger partial charge in [-0.2, -0.15) is 4.58 Å². The van der Waals surface area contributed by atoms with Crippen LogP contribution < -0.4 is 9.80 Å². The molecule has 0 fully saturated rings. The van der Waals surface area contributed by atoms with E-state index in [0.717, 1.165) is 74.8 Å². The fourth-order valence-electron chi connectivity index (χ4n) is 11.4. The van der Waals surface area contributed by atoms with Crippen molar-refractivity contribution in [1.29, 1.82) is 0 Å². The predicted molar refractivity (Wildman–Crippen MR) is 307 cm³/mol. The molecule has 9 rings (SSSR count). The lowest BCUT2D eigenvalue weighted by Gasteiger charge is -2.29. The molecule has 0 atom stereocenters. The van der Waals surface area contributed by atoms with Gasteiger partial charge in [-0.3, -0.25) is 9.59 Å². The van der Waals surface area contributed by atoms with Gasteiger partial charge in [0, 0.05) is 59.7 Å². The molecule has 0 N–H and O–H groups in total. The van der Waals surface area contributed by atoms with Crippen LogP contribution in [0.5, 0.6) is 0 Å². The molecule has 3 aliphatic rings. The van der Waals surface area contributed by atoms with Gasteiger partial charge in [0.2, 0.25) is 5.69 Å². The number of rotatable bonds is 16. The number of allylic oxidation sites excluding steroid dienone is 7. The number of aryl methyl sites for hydroxylation is 1. The maximum Gasteiger partial charge on any atom is 0.302 e. The number of esters is 2. The van der Waals surface area contributed by atoms with Gasteiger partial charge in [-0.05, 0) is 146 Å². The summed E-state index contributed by atoms with van der Waals surface area (Å²) in [6.07, 6.45) is 10.5. The second-order valence-corrected chi connectivity index (χ2v) is 22.1. The lowest BCUT2D eigenvalue weighted by Crippen LogP contribution is -2.29. The van der Waals surface area contributed by atoms with Crippen molar-refractivity contribution in [1.82, 2.24) is 4.90 Å². The van der Waals surface area contributed by atoms with E-state index in [9.17, 15) is 22.6 Å². The molecule has 76 heavy (non-hydrogen) atoms. The summed E-state index contributed by atoms with van der Waals surface area (Å²) >= 11 is 0. The molecule has 11 nitrogen and oxygen atoms in total. The molecule has 0 saturated heterocycles. The van der Waals surface area contributed by atoms with Crippen LogP contribution >= 0.6 is 0 Å². The standard InChI is InChI=1S/C58H57N3O7S.C6H15N/c1-38-18-26-48-43(36-38)21-28-50-54(48)57(4,5)52(59(50)32-34-67-39(2)62)30-23-41-19-20-42(56(41)61(45-14-10-8-11-15-45)46-16-12-9-13-17-46)24-31-53-58(6,7)55-49-27-25-47(69(64,65)66)37-44(49)22-29-51(55)60(53)33-35-68-40(3)63;1-4-7(5-2)6-3/h8-18,21-31,36-37H,19-20,32-35H2,1-7H3;4-6H2,1-3H3. The van der Waals surface area contributed by atoms with Crippen LogP contribution in [0, 0.1) is 6.92 Å². The third-order valence-electron chi connectivity index (χ3n) is 15.1. The molecule has 0 amide bonds. The van der Waals surface area contributed by atoms with Gasteiger partial charge >= 0.3 is 11.9 Å². The predicted octanol–water partition coefficient (Wildman–Crippen LogP) is 13.1. The average molecular weight is 1040 g/mol. The van der Waals surface area contributed by atoms with Gasteiger partial charge in [-0.25, -0.2) is 8.42 Å². The summed E-state index contributed by atoms with van der Waals surface area (Å²) in [5.41, 5.74) is 11.9. The van der Waals surface area contributed by atoms with Crippen molar-refractivity contribution in [2.75, 3.05) is 55.7 Å². The fraction of sp³-hybridized carbons (Fsp3) is 0.328. The first-order valence-electron chi connectivity index (χ1n) is 26.5. The van der Waals surface area contributed by atoms with Crippen LogP contribution in [0.25, 0.3) is 21.5 Å². The van der Waals surface area contributed by atoms with Crippen molar-refractivity contribution in [2.45, 2.75) is 97.8 Å². The Hall–Kier alpha value is -7.12. The van der Waals surface area contributed by atoms with Gasteiger partial charge in [0.1, 0.15) is 16.7 Å². The van der Waals surface area contributed by atoms with E-state index in [2.05, 4.69) is 178 Å². The second-order valence-electron chi connectivity index (χ2n) is 20.7. The molecule has 6 aromatic rings. The maximum absolute atomic E-state index is 12.1. The van der Waals surface area contributed by atoms with Crippen LogP contribution in [0.15, 0.2) is 173 Å². The van der Waals surface area contributed by atoms with Crippen LogP contribution in [-0.4, -0.2) is 86.0 Å². The van der Waals surface area contributed by atoms with Gasteiger partial charge in [0.25, 0.3) is 0 Å². The van der Waals surface area contributed by atoms with Crippen LogP contribution in [0.3, 0.4) is 0 Å². The van der Waals surface area contributed by atoms with E-state index in [1.165, 1.54) is 67.5 Å². The molecule has 0 spiro atoms. The Kier molecular flexibility index (Phi) is 16.7. The summed E-state index contributed by atoms with van der Waals surface area (Å²) < 4.78 is 49.4. The Morgan fingerprint density at radius 3 is 1.89 bits per heavy atom. The number of anilines is 3. The van der Waals surface area contributed by atoms with Crippen LogP contribution in [-0.2, 0) is 40.0 Å². The van der Waals surface area contributed by atoms with Gasteiger partial charge in [0.05, 0.1) is 22.6 Å². The normalized spacial score (nSPS) is 16.8. The van der Waals surface area contributed by atoms with E-state index in [-0.39, 0.29) is 30.0 Å². The molecule has 0 bridgehead atoms. The minimum atomic E-state index is -4.66. The van der Waals surface area contributed by atoms with Crippen molar-refractivity contribution in [3.63, 3.8) is 0 Å². The van der Waals surface area contributed by atoms with E-state index >= 15 is 0 Å². The van der Waals surface area contributed by atoms with Gasteiger partial charge in [-0.1, -0.05) is 119 Å². The topological polar surface area (TPSA) is 123 Å². The Bertz CT molecular complexity index is 3400. The van der Waals surface area contributed by atoms with E-state index in [1.807, 2.05) is 24.3 Å². The lowest BCUT2D eigenvalue weighted by atomic mass is 9.79. The van der Waals surface area contributed by atoms with E-state index in [4.69, 9.17) is 9.47 Å². The minimum Gasteiger partial charge on any atom is -0.744 e. The summed E-state index contributed by atoms with van der Waals surface area (Å²) in [6, 6.07) is 40.2. The number of hydrogen-bond acceptors (Lipinski definition) is 10. The largest absolute Gasteiger partial charge is 0.744 e. The van der Waals surface area contributed by atoms with Gasteiger partial charge in [0.15, 0.2) is 18.9 Å². The van der Waals surface area contributed by atoms with Crippen molar-refractivity contribution in [2.24, 2.45) is 0 Å². The molecule has 2 heterocycles. The zero-order valence-electron chi connectivity index (χ0n) is 45.8. The summed E-state index contributed by atoms with van der Waals surface area (Å²) in [5.74, 6) is -0.678. The molecule has 12 heteroatoms. The molecule has 0 radical (unpaired) electrons. The minimum absolute atomic E-state index is 0.159. The highest BCUT2D eigenvalue weighted by Gasteiger charge is 2.46. The highest BCUT2D eigenvalue weighted by molar-refractivity contribution is 7.85. The van der Waals surface area contributed by atoms with E-state index in [1.54, 1.807) is 6.07 Å². The molecule has 2 aliphatic heterocycles. The summed E-state index contributed by atoms with van der Waals surface area (Å²) in [5, 5.41) is 3.88. The molecule has 1 aliphatic carbocycles. The monoisotopic (exact) mass is 1040 g/mol. The molecule has 396 valence electrons. The number of carbonyl (C=O) groups is 2. The van der Waals surface area contributed by atoms with E-state index < -0.39 is 20.9 Å². The van der Waals surface area contributed by atoms with Crippen molar-refractivity contribution >= 4 is 72.1 Å². The number of benzene rings is 6. The van der Waals surface area contributed by atoms with Crippen molar-refractivity contribution in [3.05, 3.63) is 185 Å². The Balaban J connectivity index is 0.00000102. The number of fused-ring (bicyclic) bond motifs is 6. The number of para-hydroxylation sites is 2. The first-order valence-corrected chi connectivity index (χ1v) is 27.9. The first kappa shape index (κ1) is 55.1. The zero-order chi connectivity index (χ0) is 54.5. The highest BCUT2D eigenvalue weighted by Crippen LogP contribution is 2.52. The zero-order valence-corrected chi connectivity index (χ0v) is 46.6. The quantitative estimate of drug-likeness (QED) is 0.0526. The fourth-order valence-corrected chi connectivity index (χ4v) is 11.9. The molecular weight excluding hydrogens is 969 g/mol. The summed E-state index contributed by atoms with van der Waals surface area (Å²) in [4.78, 5) is 30.8. The average Bonchev–Trinajstić information content (AvgIpc) is 3.96. The Labute approximate surface area is 449 Å². The summed E-state index contributed by atoms with van der Waals surface area (Å²) in [6.45, 7) is 25.2. The molecule has 0 unspecified atom stereocenters. The van der Waals surface area contributed by atoms with Gasteiger partial charge < -0.3 is 28.7 Å². The van der Waals surface area contributed by atoms with E-state index in [0.29, 0.717) is 18.5 Å². The van der Waals surface area contributed by atoms with Crippen molar-refractivity contribution < 1.29 is 36.6 Å². The number of nitrogens with zero attached hydrogens (tertiary/aromatic N) is 4. The first-order chi connectivity index (χ1) is 36.3. The molecule has 6 aromatic carbocycles. The number of ether oxygens (including phenoxy) is 2. The van der Waals surface area contributed by atoms with Crippen molar-refractivity contribution in [3.8, 4) is 0 Å². The third-order valence-corrected chi connectivity index (χ3v) is 15.9. The second kappa shape index (κ2) is 23.0. The molecule has 0 aromatic heterocycles. The Morgan fingerprint density at radius 2 is 1.29 bits per heavy atom. The highest BCUT2D eigenvalue weighted by atomic mass is 32.2. The summed E-state index contributed by atoms with van der Waals surface area (Å²) in [7, 11) is -4.66. The molecule has 0 saturated carbocycles. The Morgan fingerprint density at radius 1 is 0.697 bits per heavy atom. The van der Waals surface area contributed by atoms with Crippen LogP contribution in [0.1, 0.15) is 91.8 Å². The van der Waals surface area contributed by atoms with Crippen LogP contribution in [0.2, 0.25) is 0 Å². The SMILES string of the molecule is CC(=O)OCCN1/C(=C/C=C2CCC(/C=C/C3=[N+](CCOC(C)=O)c4ccc5cc(S(=O)(=O)[O-])ccc5c4C3(C)C)=C2N(c2ccccc2)c2ccccc2)C(C)(C)c2c1ccc1cc(C)ccc21.CCN(CC)CC. The third kappa shape index (κ3) is 11.4. The number of hydrogen-bond donors (Lipinski definition) is 0. The molecular formula is C64H72N4O7S. The lowest BCUT2D eigenvalue weighted by molar-refractivity contribution is -0.440. The van der Waals surface area contributed by atoms with Gasteiger partial charge in [-0.15, -0.1) is 0 Å². The maximum atomic E-state index is 12.1. The smallest absolute Gasteiger partial charge is 0.302 e.